The van der Waals surface area contributed by atoms with Gasteiger partial charge in [0.2, 0.25) is 0 Å². The molecule has 0 bridgehead atoms. The molecular formula is C45H36FN3. The van der Waals surface area contributed by atoms with E-state index >= 15 is 0 Å². The summed E-state index contributed by atoms with van der Waals surface area (Å²) in [6.07, 6.45) is 19.6. The fourth-order valence-corrected chi connectivity index (χ4v) is 7.93. The molecule has 3 nitrogen and oxygen atoms in total. The number of nitrogen functional groups attached to an aromatic ring is 1. The summed E-state index contributed by atoms with van der Waals surface area (Å²) >= 11 is 0. The summed E-state index contributed by atoms with van der Waals surface area (Å²) in [5.41, 5.74) is 19.5. The van der Waals surface area contributed by atoms with E-state index in [-0.39, 0.29) is 11.9 Å². The predicted octanol–water partition coefficient (Wildman–Crippen LogP) is 12.0. The molecule has 6 aromatic rings. The first-order valence-electron chi connectivity index (χ1n) is 17.2. The number of anilines is 2. The number of benzene rings is 5. The Kier molecular flexibility index (Phi) is 7.05. The van der Waals surface area contributed by atoms with Crippen molar-refractivity contribution in [1.29, 1.82) is 0 Å². The Bertz CT molecular complexity index is 2490. The molecule has 0 amide bonds. The van der Waals surface area contributed by atoms with Crippen LogP contribution in [0.3, 0.4) is 0 Å². The normalized spacial score (nSPS) is 16.9. The third kappa shape index (κ3) is 4.90. The van der Waals surface area contributed by atoms with E-state index in [4.69, 9.17) is 10.7 Å². The number of fused-ring (bicyclic) bond motifs is 9. The molecular weight excluding hydrogens is 602 g/mol. The molecule has 3 aliphatic rings. The Morgan fingerprint density at radius 1 is 0.837 bits per heavy atom. The number of halogens is 1. The summed E-state index contributed by atoms with van der Waals surface area (Å²) in [4.78, 5) is 5.40. The first-order valence-corrected chi connectivity index (χ1v) is 17.2. The molecule has 4 heteroatoms. The van der Waals surface area contributed by atoms with Crippen molar-refractivity contribution in [2.75, 3.05) is 11.1 Å². The van der Waals surface area contributed by atoms with Crippen LogP contribution in [0.5, 0.6) is 0 Å². The summed E-state index contributed by atoms with van der Waals surface area (Å²) in [7, 11) is 0. The van der Waals surface area contributed by atoms with E-state index in [2.05, 4.69) is 108 Å². The van der Waals surface area contributed by atoms with Crippen LogP contribution in [0.25, 0.3) is 67.4 Å². The highest BCUT2D eigenvalue weighted by molar-refractivity contribution is 6.25. The standard InChI is InChI=1S/C45H36FN3/c1-2-7-29-16-17-31-21-25-39(48-45(31)43(29)47)28-14-12-27(13-15-28)32-20-24-38-40(26-32)49-44(30-18-22-33(46)23-19-30)42-37-11-6-4-9-35(37)34-8-3-5-10-36(34)41(38)42/h2-3,5-8,10-18,20-22,24-26,39,48H,4,9,19,23,47H2,1H3/b7-2-. The number of rotatable bonds is 4. The molecule has 2 aliphatic carbocycles. The summed E-state index contributed by atoms with van der Waals surface area (Å²) in [5, 5.41) is 9.78. The van der Waals surface area contributed by atoms with Gasteiger partial charge in [-0.25, -0.2) is 9.37 Å². The van der Waals surface area contributed by atoms with Gasteiger partial charge in [-0.1, -0.05) is 115 Å². The molecule has 5 aromatic carbocycles. The number of hydrogen-bond acceptors (Lipinski definition) is 3. The van der Waals surface area contributed by atoms with Crippen LogP contribution in [0.2, 0.25) is 0 Å². The highest BCUT2D eigenvalue weighted by Gasteiger charge is 2.23. The van der Waals surface area contributed by atoms with Gasteiger partial charge in [0.1, 0.15) is 5.83 Å². The number of nitrogens with zero attached hydrogens (tertiary/aromatic N) is 1. The van der Waals surface area contributed by atoms with Gasteiger partial charge in [0.25, 0.3) is 0 Å². The molecule has 1 atom stereocenters. The zero-order valence-electron chi connectivity index (χ0n) is 27.4. The highest BCUT2D eigenvalue weighted by atomic mass is 19.1. The van der Waals surface area contributed by atoms with Crippen molar-refractivity contribution in [1.82, 2.24) is 4.98 Å². The molecule has 3 N–H and O–H groups in total. The van der Waals surface area contributed by atoms with Gasteiger partial charge in [-0.05, 0) is 93.6 Å². The van der Waals surface area contributed by atoms with E-state index in [9.17, 15) is 4.39 Å². The lowest BCUT2D eigenvalue weighted by molar-refractivity contribution is 0.590. The number of pyridine rings is 1. The fraction of sp³-hybridized carbons (Fsp3) is 0.133. The van der Waals surface area contributed by atoms with Gasteiger partial charge in [0.05, 0.1) is 28.6 Å². The Hall–Kier alpha value is -5.74. The molecule has 0 fully saturated rings. The quantitative estimate of drug-likeness (QED) is 0.149. The second kappa shape index (κ2) is 11.7. The Labute approximate surface area is 285 Å². The zero-order valence-corrected chi connectivity index (χ0v) is 27.4. The first kappa shape index (κ1) is 29.4. The first-order chi connectivity index (χ1) is 24.1. The van der Waals surface area contributed by atoms with Gasteiger partial charge < -0.3 is 11.1 Å². The molecule has 2 heterocycles. The molecule has 9 rings (SSSR count). The maximum absolute atomic E-state index is 14.2. The monoisotopic (exact) mass is 637 g/mol. The predicted molar refractivity (Wildman–Crippen MR) is 207 cm³/mol. The van der Waals surface area contributed by atoms with E-state index in [0.717, 1.165) is 68.6 Å². The molecule has 1 aromatic heterocycles. The second-order valence-corrected chi connectivity index (χ2v) is 13.3. The van der Waals surface area contributed by atoms with E-state index in [1.165, 1.54) is 38.2 Å². The van der Waals surface area contributed by atoms with E-state index < -0.39 is 0 Å². The van der Waals surface area contributed by atoms with Crippen molar-refractivity contribution in [3.8, 4) is 11.1 Å². The summed E-state index contributed by atoms with van der Waals surface area (Å²) in [5.74, 6) is -0.0723. The minimum Gasteiger partial charge on any atom is -0.397 e. The molecule has 0 spiro atoms. The highest BCUT2D eigenvalue weighted by Crippen LogP contribution is 2.44. The topological polar surface area (TPSA) is 50.9 Å². The van der Waals surface area contributed by atoms with Crippen molar-refractivity contribution in [3.63, 3.8) is 0 Å². The molecule has 238 valence electrons. The van der Waals surface area contributed by atoms with Gasteiger partial charge in [-0.15, -0.1) is 0 Å². The summed E-state index contributed by atoms with van der Waals surface area (Å²) in [6, 6.07) is 28.4. The second-order valence-electron chi connectivity index (χ2n) is 13.3. The van der Waals surface area contributed by atoms with Crippen LogP contribution in [0.1, 0.15) is 65.7 Å². The van der Waals surface area contributed by atoms with Crippen molar-refractivity contribution in [2.45, 2.75) is 38.6 Å². The minimum atomic E-state index is -0.0723. The molecule has 1 aliphatic heterocycles. The Balaban J connectivity index is 1.16. The van der Waals surface area contributed by atoms with Gasteiger partial charge in [0.15, 0.2) is 0 Å². The molecule has 49 heavy (non-hydrogen) atoms. The largest absolute Gasteiger partial charge is 0.397 e. The van der Waals surface area contributed by atoms with Crippen LogP contribution in [0, 0.1) is 0 Å². The van der Waals surface area contributed by atoms with Crippen molar-refractivity contribution in [3.05, 3.63) is 149 Å². The van der Waals surface area contributed by atoms with Gasteiger partial charge in [0, 0.05) is 22.6 Å². The van der Waals surface area contributed by atoms with Gasteiger partial charge in [-0.2, -0.15) is 0 Å². The summed E-state index contributed by atoms with van der Waals surface area (Å²) < 4.78 is 14.2. The average Bonchev–Trinajstić information content (AvgIpc) is 3.15. The SMILES string of the molecule is C/C=C\c1ccc2c(c1N)NC(c1ccc(-c3ccc4c(c3)nc(C3=CC=C(F)CC3)c3c5c(c6ccccc6c34)CCC=C5)cc1)C=C2. The fourth-order valence-electron chi connectivity index (χ4n) is 7.93. The van der Waals surface area contributed by atoms with Gasteiger partial charge >= 0.3 is 0 Å². The van der Waals surface area contributed by atoms with Crippen LogP contribution < -0.4 is 11.1 Å². The molecule has 0 radical (unpaired) electrons. The lowest BCUT2D eigenvalue weighted by atomic mass is 9.83. The van der Waals surface area contributed by atoms with Crippen molar-refractivity contribution >= 4 is 67.6 Å². The number of hydrogen-bond donors (Lipinski definition) is 2. The van der Waals surface area contributed by atoms with Crippen LogP contribution in [0.15, 0.2) is 115 Å². The maximum Gasteiger partial charge on any atom is 0.100 e. The zero-order chi connectivity index (χ0) is 33.1. The number of aromatic nitrogens is 1. The van der Waals surface area contributed by atoms with Crippen LogP contribution in [0.4, 0.5) is 15.8 Å². The molecule has 0 saturated carbocycles. The summed E-state index contributed by atoms with van der Waals surface area (Å²) in [6.45, 7) is 2.00. The van der Waals surface area contributed by atoms with E-state index in [1.807, 2.05) is 25.2 Å². The van der Waals surface area contributed by atoms with Gasteiger partial charge in [-0.3, -0.25) is 0 Å². The van der Waals surface area contributed by atoms with Crippen LogP contribution in [-0.2, 0) is 6.42 Å². The lowest BCUT2D eigenvalue weighted by Gasteiger charge is -2.25. The third-order valence-corrected chi connectivity index (χ3v) is 10.4. The number of nitrogens with two attached hydrogens (primary N) is 1. The number of allylic oxidation sites excluding steroid dienone is 6. The number of aryl methyl sites for hydroxylation is 1. The Morgan fingerprint density at radius 2 is 1.67 bits per heavy atom. The minimum absolute atomic E-state index is 0.0211. The van der Waals surface area contributed by atoms with Crippen LogP contribution >= 0.6 is 0 Å². The average molecular weight is 638 g/mol. The maximum atomic E-state index is 14.2. The smallest absolute Gasteiger partial charge is 0.100 e. The van der Waals surface area contributed by atoms with Crippen molar-refractivity contribution < 1.29 is 4.39 Å². The third-order valence-electron chi connectivity index (χ3n) is 10.4. The van der Waals surface area contributed by atoms with E-state index in [1.54, 1.807) is 6.08 Å². The molecule has 1 unspecified atom stereocenters. The lowest BCUT2D eigenvalue weighted by Crippen LogP contribution is -2.14. The Morgan fingerprint density at radius 3 is 2.49 bits per heavy atom. The molecule has 0 saturated heterocycles. The van der Waals surface area contributed by atoms with Crippen molar-refractivity contribution in [2.24, 2.45) is 0 Å². The van der Waals surface area contributed by atoms with E-state index in [0.29, 0.717) is 12.8 Å². The number of nitrogens with one attached hydrogen (secondary N) is 1. The van der Waals surface area contributed by atoms with Crippen LogP contribution in [-0.4, -0.2) is 4.98 Å².